The highest BCUT2D eigenvalue weighted by atomic mass is 15.1. The SMILES string of the molecule is c1cnc(NCCC2Cc3ccccc3C2)nc1. The van der Waals surface area contributed by atoms with E-state index in [1.807, 2.05) is 6.07 Å². The van der Waals surface area contributed by atoms with Crippen LogP contribution in [0.2, 0.25) is 0 Å². The lowest BCUT2D eigenvalue weighted by atomic mass is 10.0. The van der Waals surface area contributed by atoms with Gasteiger partial charge in [0, 0.05) is 18.9 Å². The molecule has 1 aliphatic carbocycles. The second-order valence-corrected chi connectivity index (χ2v) is 4.83. The Balaban J connectivity index is 1.49. The molecule has 3 rings (SSSR count). The maximum Gasteiger partial charge on any atom is 0.222 e. The van der Waals surface area contributed by atoms with Crippen molar-refractivity contribution in [1.82, 2.24) is 9.97 Å². The van der Waals surface area contributed by atoms with Gasteiger partial charge in [-0.3, -0.25) is 0 Å². The van der Waals surface area contributed by atoms with Gasteiger partial charge in [0.15, 0.2) is 0 Å². The van der Waals surface area contributed by atoms with Crippen LogP contribution in [0.4, 0.5) is 5.95 Å². The molecule has 1 heterocycles. The number of hydrogen-bond donors (Lipinski definition) is 1. The molecule has 0 saturated carbocycles. The Morgan fingerprint density at radius 2 is 1.67 bits per heavy atom. The molecule has 0 amide bonds. The van der Waals surface area contributed by atoms with Crippen molar-refractivity contribution in [2.45, 2.75) is 19.3 Å². The topological polar surface area (TPSA) is 37.8 Å². The number of aromatic nitrogens is 2. The highest BCUT2D eigenvalue weighted by Gasteiger charge is 2.20. The summed E-state index contributed by atoms with van der Waals surface area (Å²) in [5, 5.41) is 3.28. The summed E-state index contributed by atoms with van der Waals surface area (Å²) in [6.45, 7) is 0.947. The molecule has 0 aliphatic heterocycles. The summed E-state index contributed by atoms with van der Waals surface area (Å²) in [7, 11) is 0. The van der Waals surface area contributed by atoms with Gasteiger partial charge in [-0.25, -0.2) is 9.97 Å². The molecule has 18 heavy (non-hydrogen) atoms. The molecule has 0 radical (unpaired) electrons. The molecule has 1 aromatic carbocycles. The van der Waals surface area contributed by atoms with Gasteiger partial charge in [0.1, 0.15) is 0 Å². The fourth-order valence-corrected chi connectivity index (χ4v) is 2.63. The second-order valence-electron chi connectivity index (χ2n) is 4.83. The summed E-state index contributed by atoms with van der Waals surface area (Å²) >= 11 is 0. The zero-order chi connectivity index (χ0) is 12.2. The van der Waals surface area contributed by atoms with Crippen LogP contribution in [0, 0.1) is 5.92 Å². The first-order chi connectivity index (χ1) is 8.92. The van der Waals surface area contributed by atoms with E-state index in [1.165, 1.54) is 30.4 Å². The van der Waals surface area contributed by atoms with Gasteiger partial charge in [-0.1, -0.05) is 24.3 Å². The van der Waals surface area contributed by atoms with Crippen molar-refractivity contribution in [1.29, 1.82) is 0 Å². The molecule has 1 aromatic heterocycles. The van der Waals surface area contributed by atoms with E-state index in [9.17, 15) is 0 Å². The van der Waals surface area contributed by atoms with E-state index in [2.05, 4.69) is 39.6 Å². The van der Waals surface area contributed by atoms with Crippen molar-refractivity contribution in [3.63, 3.8) is 0 Å². The summed E-state index contributed by atoms with van der Waals surface area (Å²) in [5.41, 5.74) is 3.05. The van der Waals surface area contributed by atoms with E-state index in [4.69, 9.17) is 0 Å². The maximum atomic E-state index is 4.16. The summed E-state index contributed by atoms with van der Waals surface area (Å²) in [6.07, 6.45) is 7.13. The Kier molecular flexibility index (Phi) is 3.22. The zero-order valence-corrected chi connectivity index (χ0v) is 10.3. The van der Waals surface area contributed by atoms with Crippen molar-refractivity contribution >= 4 is 5.95 Å². The standard InChI is InChI=1S/C15H17N3/c1-2-5-14-11-12(10-13(14)4-1)6-9-18-15-16-7-3-8-17-15/h1-5,7-8,12H,6,9-11H2,(H,16,17,18). The quantitative estimate of drug-likeness (QED) is 0.891. The van der Waals surface area contributed by atoms with E-state index in [0.29, 0.717) is 0 Å². The third kappa shape index (κ3) is 2.50. The molecule has 92 valence electrons. The van der Waals surface area contributed by atoms with Gasteiger partial charge >= 0.3 is 0 Å². The third-order valence-corrected chi connectivity index (χ3v) is 3.54. The number of anilines is 1. The lowest BCUT2D eigenvalue weighted by Crippen LogP contribution is -2.10. The van der Waals surface area contributed by atoms with Crippen LogP contribution >= 0.6 is 0 Å². The monoisotopic (exact) mass is 239 g/mol. The number of fused-ring (bicyclic) bond motifs is 1. The Labute approximate surface area is 107 Å². The molecular weight excluding hydrogens is 222 g/mol. The second kappa shape index (κ2) is 5.17. The smallest absolute Gasteiger partial charge is 0.222 e. The van der Waals surface area contributed by atoms with Gasteiger partial charge in [0.2, 0.25) is 5.95 Å². The fourth-order valence-electron chi connectivity index (χ4n) is 2.63. The van der Waals surface area contributed by atoms with Crippen molar-refractivity contribution in [2.24, 2.45) is 5.92 Å². The van der Waals surface area contributed by atoms with Crippen molar-refractivity contribution in [3.8, 4) is 0 Å². The molecule has 3 nitrogen and oxygen atoms in total. The maximum absolute atomic E-state index is 4.16. The average molecular weight is 239 g/mol. The average Bonchev–Trinajstić information content (AvgIpc) is 2.82. The van der Waals surface area contributed by atoms with E-state index in [0.717, 1.165) is 18.4 Å². The predicted molar refractivity (Wildman–Crippen MR) is 72.5 cm³/mol. The van der Waals surface area contributed by atoms with Crippen molar-refractivity contribution in [3.05, 3.63) is 53.9 Å². The molecular formula is C15H17N3. The Morgan fingerprint density at radius 3 is 2.33 bits per heavy atom. The fraction of sp³-hybridized carbons (Fsp3) is 0.333. The first kappa shape index (κ1) is 11.2. The summed E-state index contributed by atoms with van der Waals surface area (Å²) in [4.78, 5) is 8.32. The predicted octanol–water partition coefficient (Wildman–Crippen LogP) is 2.69. The van der Waals surface area contributed by atoms with Crippen LogP contribution in [0.5, 0.6) is 0 Å². The lowest BCUT2D eigenvalue weighted by Gasteiger charge is -2.09. The highest BCUT2D eigenvalue weighted by Crippen LogP contribution is 2.28. The van der Waals surface area contributed by atoms with E-state index in [-0.39, 0.29) is 0 Å². The van der Waals surface area contributed by atoms with E-state index >= 15 is 0 Å². The van der Waals surface area contributed by atoms with Crippen LogP contribution in [0.3, 0.4) is 0 Å². The Morgan fingerprint density at radius 1 is 1.00 bits per heavy atom. The molecule has 0 spiro atoms. The summed E-state index contributed by atoms with van der Waals surface area (Å²) in [6, 6.07) is 10.6. The lowest BCUT2D eigenvalue weighted by molar-refractivity contribution is 0.529. The molecule has 0 unspecified atom stereocenters. The van der Waals surface area contributed by atoms with Crippen LogP contribution in [-0.4, -0.2) is 16.5 Å². The number of benzene rings is 1. The molecule has 3 heteroatoms. The van der Waals surface area contributed by atoms with Crippen LogP contribution < -0.4 is 5.32 Å². The van der Waals surface area contributed by atoms with Crippen LogP contribution in [0.25, 0.3) is 0 Å². The van der Waals surface area contributed by atoms with E-state index < -0.39 is 0 Å². The first-order valence-corrected chi connectivity index (χ1v) is 6.49. The molecule has 1 N–H and O–H groups in total. The third-order valence-electron chi connectivity index (χ3n) is 3.54. The van der Waals surface area contributed by atoms with Gasteiger partial charge < -0.3 is 5.32 Å². The molecule has 1 aliphatic rings. The van der Waals surface area contributed by atoms with Gasteiger partial charge in [-0.05, 0) is 42.4 Å². The molecule has 0 saturated heterocycles. The minimum atomic E-state index is 0.730. The van der Waals surface area contributed by atoms with Gasteiger partial charge in [-0.2, -0.15) is 0 Å². The normalized spacial score (nSPS) is 14.4. The minimum Gasteiger partial charge on any atom is -0.354 e. The van der Waals surface area contributed by atoms with Crippen LogP contribution in [-0.2, 0) is 12.8 Å². The summed E-state index contributed by atoms with van der Waals surface area (Å²) in [5.74, 6) is 1.49. The number of nitrogens with zero attached hydrogens (tertiary/aromatic N) is 2. The van der Waals surface area contributed by atoms with Gasteiger partial charge in [0.05, 0.1) is 0 Å². The number of nitrogens with one attached hydrogen (secondary N) is 1. The van der Waals surface area contributed by atoms with Gasteiger partial charge in [-0.15, -0.1) is 0 Å². The Hall–Kier alpha value is -1.90. The van der Waals surface area contributed by atoms with Crippen molar-refractivity contribution < 1.29 is 0 Å². The number of hydrogen-bond acceptors (Lipinski definition) is 3. The largest absolute Gasteiger partial charge is 0.354 e. The van der Waals surface area contributed by atoms with Crippen molar-refractivity contribution in [2.75, 3.05) is 11.9 Å². The molecule has 0 bridgehead atoms. The highest BCUT2D eigenvalue weighted by molar-refractivity contribution is 5.32. The zero-order valence-electron chi connectivity index (χ0n) is 10.3. The molecule has 2 aromatic rings. The minimum absolute atomic E-state index is 0.730. The van der Waals surface area contributed by atoms with Crippen LogP contribution in [0.15, 0.2) is 42.7 Å². The van der Waals surface area contributed by atoms with Gasteiger partial charge in [0.25, 0.3) is 0 Å². The van der Waals surface area contributed by atoms with Crippen LogP contribution in [0.1, 0.15) is 17.5 Å². The first-order valence-electron chi connectivity index (χ1n) is 6.49. The summed E-state index contributed by atoms with van der Waals surface area (Å²) < 4.78 is 0. The number of rotatable bonds is 4. The van der Waals surface area contributed by atoms with E-state index in [1.54, 1.807) is 12.4 Å². The molecule has 0 atom stereocenters. The molecule has 0 fully saturated rings. The Bertz CT molecular complexity index is 485.